The summed E-state index contributed by atoms with van der Waals surface area (Å²) < 4.78 is 39.7. The maximum atomic E-state index is 11.8. The monoisotopic (exact) mass is 220 g/mol. The van der Waals surface area contributed by atoms with Crippen LogP contribution in [0.15, 0.2) is 24.3 Å². The summed E-state index contributed by atoms with van der Waals surface area (Å²) >= 11 is 0. The summed E-state index contributed by atoms with van der Waals surface area (Å²) in [6.45, 7) is -6.36. The third kappa shape index (κ3) is 3.88. The SMILES string of the molecule is O=[N+]([O-])c1ccc(OC[B-](F)(F)F)cc1. The highest BCUT2D eigenvalue weighted by Gasteiger charge is 2.24. The smallest absolute Gasteiger partial charge is 0.515 e. The van der Waals surface area contributed by atoms with E-state index in [1.807, 2.05) is 0 Å². The van der Waals surface area contributed by atoms with E-state index in [9.17, 15) is 23.1 Å². The first-order valence-corrected chi connectivity index (χ1v) is 3.97. The van der Waals surface area contributed by atoms with Crippen LogP contribution >= 0.6 is 0 Å². The van der Waals surface area contributed by atoms with E-state index >= 15 is 0 Å². The molecule has 0 bridgehead atoms. The van der Waals surface area contributed by atoms with Crippen LogP contribution in [0.5, 0.6) is 5.75 Å². The Morgan fingerprint density at radius 3 is 2.20 bits per heavy atom. The number of nitrogens with zero attached hydrogens (tertiary/aromatic N) is 1. The topological polar surface area (TPSA) is 52.4 Å². The number of nitro groups is 1. The lowest BCUT2D eigenvalue weighted by molar-refractivity contribution is -0.384. The number of non-ortho nitro benzene ring substituents is 1. The molecule has 0 aliphatic heterocycles. The second-order valence-corrected chi connectivity index (χ2v) is 2.77. The summed E-state index contributed by atoms with van der Waals surface area (Å²) in [4.78, 5) is 9.58. The molecule has 1 aromatic carbocycles. The van der Waals surface area contributed by atoms with Crippen LogP contribution in [-0.4, -0.2) is 18.4 Å². The number of halogens is 3. The minimum atomic E-state index is -5.01. The van der Waals surface area contributed by atoms with Crippen LogP contribution in [0.3, 0.4) is 0 Å². The molecule has 0 atom stereocenters. The van der Waals surface area contributed by atoms with Gasteiger partial charge in [-0.25, -0.2) is 0 Å². The van der Waals surface area contributed by atoms with Crippen molar-refractivity contribution in [1.82, 2.24) is 0 Å². The van der Waals surface area contributed by atoms with Crippen LogP contribution in [-0.2, 0) is 0 Å². The van der Waals surface area contributed by atoms with Gasteiger partial charge in [0.2, 0.25) is 0 Å². The van der Waals surface area contributed by atoms with Gasteiger partial charge in [0.15, 0.2) is 0 Å². The minimum Gasteiger partial charge on any atom is -0.522 e. The number of hydrogen-bond donors (Lipinski definition) is 0. The molecule has 0 amide bonds. The molecule has 1 aromatic rings. The first-order chi connectivity index (χ1) is 6.88. The van der Waals surface area contributed by atoms with Crippen LogP contribution in [0.1, 0.15) is 0 Å². The van der Waals surface area contributed by atoms with Crippen LogP contribution < -0.4 is 4.74 Å². The fourth-order valence-corrected chi connectivity index (χ4v) is 0.855. The van der Waals surface area contributed by atoms with Gasteiger partial charge < -0.3 is 17.7 Å². The van der Waals surface area contributed by atoms with Gasteiger partial charge in [0.1, 0.15) is 5.75 Å². The summed E-state index contributed by atoms with van der Waals surface area (Å²) in [7, 11) is 0. The fourth-order valence-electron chi connectivity index (χ4n) is 0.855. The highest BCUT2D eigenvalue weighted by atomic mass is 19.4. The van der Waals surface area contributed by atoms with E-state index in [0.29, 0.717) is 0 Å². The second kappa shape index (κ2) is 4.20. The fraction of sp³-hybridized carbons (Fsp3) is 0.143. The maximum Gasteiger partial charge on any atom is 0.515 e. The highest BCUT2D eigenvalue weighted by molar-refractivity contribution is 6.58. The Balaban J connectivity index is 2.61. The zero-order valence-corrected chi connectivity index (χ0v) is 7.40. The van der Waals surface area contributed by atoms with Crippen LogP contribution in [0.25, 0.3) is 0 Å². The molecular weight excluding hydrogens is 214 g/mol. The molecule has 4 nitrogen and oxygen atoms in total. The molecule has 0 saturated carbocycles. The third-order valence-corrected chi connectivity index (χ3v) is 1.49. The minimum absolute atomic E-state index is 0.0419. The Kier molecular flexibility index (Phi) is 3.18. The molecule has 0 fully saturated rings. The molecule has 0 aromatic heterocycles. The first-order valence-electron chi connectivity index (χ1n) is 3.97. The van der Waals surface area contributed by atoms with Gasteiger partial charge >= 0.3 is 6.98 Å². The lowest BCUT2D eigenvalue weighted by Crippen LogP contribution is -2.26. The number of nitro benzene ring substituents is 1. The van der Waals surface area contributed by atoms with Gasteiger partial charge in [-0.15, -0.1) is 0 Å². The molecule has 15 heavy (non-hydrogen) atoms. The van der Waals surface area contributed by atoms with E-state index < -0.39 is 18.4 Å². The lowest BCUT2D eigenvalue weighted by Gasteiger charge is -2.14. The molecule has 8 heteroatoms. The summed E-state index contributed by atoms with van der Waals surface area (Å²) in [6, 6.07) is 4.41. The average Bonchev–Trinajstić information content (AvgIpc) is 2.14. The predicted octanol–water partition coefficient (Wildman–Crippen LogP) is 2.36. The van der Waals surface area contributed by atoms with Crippen LogP contribution in [0, 0.1) is 10.1 Å². The first kappa shape index (κ1) is 11.4. The molecule has 0 heterocycles. The third-order valence-electron chi connectivity index (χ3n) is 1.49. The van der Waals surface area contributed by atoms with Gasteiger partial charge in [-0.05, 0) is 12.1 Å². The van der Waals surface area contributed by atoms with Crippen molar-refractivity contribution < 1.29 is 22.6 Å². The summed E-state index contributed by atoms with van der Waals surface area (Å²) in [5.41, 5.74) is -0.195. The Bertz CT molecular complexity index is 351. The van der Waals surface area contributed by atoms with E-state index in [1.54, 1.807) is 0 Å². The van der Waals surface area contributed by atoms with Crippen molar-refractivity contribution in [2.75, 3.05) is 6.51 Å². The number of ether oxygens (including phenoxy) is 1. The van der Waals surface area contributed by atoms with E-state index in [4.69, 9.17) is 0 Å². The van der Waals surface area contributed by atoms with Gasteiger partial charge in [-0.2, -0.15) is 0 Å². The molecule has 82 valence electrons. The van der Waals surface area contributed by atoms with Crippen molar-refractivity contribution in [3.8, 4) is 5.75 Å². The summed E-state index contributed by atoms with van der Waals surface area (Å²) in [5.74, 6) is -0.0419. The molecule has 0 unspecified atom stereocenters. The Morgan fingerprint density at radius 1 is 1.27 bits per heavy atom. The zero-order chi connectivity index (χ0) is 11.5. The standard InChI is InChI=1S/C7H6BF3NO3/c9-8(10,11)5-15-7-3-1-6(2-4-7)12(13)14/h1-4H,5H2/q-1. The molecule has 0 aliphatic rings. The van der Waals surface area contributed by atoms with Crippen LogP contribution in [0.4, 0.5) is 18.6 Å². The Hall–Kier alpha value is -1.73. The normalized spacial score (nSPS) is 11.1. The van der Waals surface area contributed by atoms with Crippen molar-refractivity contribution in [2.45, 2.75) is 0 Å². The molecule has 0 saturated heterocycles. The van der Waals surface area contributed by atoms with E-state index in [-0.39, 0.29) is 11.4 Å². The summed E-state index contributed by atoms with van der Waals surface area (Å²) in [5, 5.41) is 10.2. The predicted molar refractivity (Wildman–Crippen MR) is 47.7 cm³/mol. The molecule has 0 N–H and O–H groups in total. The molecule has 0 aliphatic carbocycles. The Labute approximate surface area is 82.9 Å². The largest absolute Gasteiger partial charge is 0.522 e. The molecular formula is C7H6BF3NO3-. The summed E-state index contributed by atoms with van der Waals surface area (Å²) in [6.07, 6.45) is 0. The second-order valence-electron chi connectivity index (χ2n) is 2.77. The highest BCUT2D eigenvalue weighted by Crippen LogP contribution is 2.19. The lowest BCUT2D eigenvalue weighted by atomic mass is 9.95. The number of benzene rings is 1. The zero-order valence-electron chi connectivity index (χ0n) is 7.40. The van der Waals surface area contributed by atoms with Gasteiger partial charge in [-0.3, -0.25) is 10.1 Å². The molecule has 0 radical (unpaired) electrons. The number of hydrogen-bond acceptors (Lipinski definition) is 3. The van der Waals surface area contributed by atoms with E-state index in [2.05, 4.69) is 4.74 Å². The van der Waals surface area contributed by atoms with Gasteiger partial charge in [0.25, 0.3) is 5.69 Å². The van der Waals surface area contributed by atoms with Crippen molar-refractivity contribution in [3.63, 3.8) is 0 Å². The molecule has 1 rings (SSSR count). The quantitative estimate of drug-likeness (QED) is 0.444. The van der Waals surface area contributed by atoms with Crippen molar-refractivity contribution in [3.05, 3.63) is 34.4 Å². The Morgan fingerprint density at radius 2 is 1.80 bits per heavy atom. The van der Waals surface area contributed by atoms with Gasteiger partial charge in [0, 0.05) is 12.1 Å². The van der Waals surface area contributed by atoms with E-state index in [0.717, 1.165) is 24.3 Å². The number of rotatable bonds is 4. The maximum absolute atomic E-state index is 11.8. The van der Waals surface area contributed by atoms with E-state index in [1.165, 1.54) is 0 Å². The average molecular weight is 220 g/mol. The van der Waals surface area contributed by atoms with Crippen molar-refractivity contribution in [2.24, 2.45) is 0 Å². The van der Waals surface area contributed by atoms with Crippen LogP contribution in [0.2, 0.25) is 0 Å². The van der Waals surface area contributed by atoms with Crippen molar-refractivity contribution >= 4 is 12.7 Å². The molecule has 0 spiro atoms. The van der Waals surface area contributed by atoms with Crippen molar-refractivity contribution in [1.29, 1.82) is 0 Å². The van der Waals surface area contributed by atoms with Gasteiger partial charge in [0.05, 0.1) is 11.4 Å². The van der Waals surface area contributed by atoms with Gasteiger partial charge in [-0.1, -0.05) is 0 Å².